The molecule has 3 aromatic rings. The molecule has 0 spiro atoms. The number of rotatable bonds is 5. The Bertz CT molecular complexity index is 1200. The maximum absolute atomic E-state index is 13.0. The van der Waals surface area contributed by atoms with Gasteiger partial charge in [-0.3, -0.25) is 0 Å². The molecule has 0 N–H and O–H groups in total. The molecule has 1 saturated heterocycles. The Labute approximate surface area is 180 Å². The molecule has 3 heterocycles. The fourth-order valence-electron chi connectivity index (χ4n) is 3.56. The molecule has 158 valence electrons. The molecule has 1 fully saturated rings. The molecule has 0 saturated carbocycles. The van der Waals surface area contributed by atoms with E-state index < -0.39 is 16.0 Å². The zero-order chi connectivity index (χ0) is 21.3. The Morgan fingerprint density at radius 2 is 1.90 bits per heavy atom. The predicted octanol–water partition coefficient (Wildman–Crippen LogP) is 3.83. The summed E-state index contributed by atoms with van der Waals surface area (Å²) in [6.07, 6.45) is 6.18. The fraction of sp³-hybridized carbons (Fsp3) is 0.333. The summed E-state index contributed by atoms with van der Waals surface area (Å²) in [4.78, 5) is 17.1. The molecule has 0 radical (unpaired) electrons. The molecule has 1 aliphatic heterocycles. The molecule has 1 aromatic carbocycles. The van der Waals surface area contributed by atoms with E-state index in [-0.39, 0.29) is 17.1 Å². The van der Waals surface area contributed by atoms with E-state index in [9.17, 15) is 13.2 Å². The number of hydrogen-bond acceptors (Lipinski definition) is 5. The molecule has 0 amide bonds. The molecule has 0 aliphatic carbocycles. The van der Waals surface area contributed by atoms with Crippen LogP contribution in [-0.2, 0) is 21.4 Å². The zero-order valence-electron chi connectivity index (χ0n) is 16.5. The van der Waals surface area contributed by atoms with E-state index >= 15 is 0 Å². The van der Waals surface area contributed by atoms with Crippen LogP contribution in [0.5, 0.6) is 0 Å². The van der Waals surface area contributed by atoms with Crippen molar-refractivity contribution in [2.75, 3.05) is 13.1 Å². The predicted molar refractivity (Wildman–Crippen MR) is 113 cm³/mol. The van der Waals surface area contributed by atoms with Crippen LogP contribution in [0.3, 0.4) is 0 Å². The molecule has 0 bridgehead atoms. The van der Waals surface area contributed by atoms with Gasteiger partial charge >= 0.3 is 5.97 Å². The van der Waals surface area contributed by atoms with Gasteiger partial charge in [0.25, 0.3) is 0 Å². The first-order valence-electron chi connectivity index (χ1n) is 9.76. The van der Waals surface area contributed by atoms with Crippen LogP contribution < -0.4 is 0 Å². The maximum Gasteiger partial charge on any atom is 0.338 e. The van der Waals surface area contributed by atoms with Gasteiger partial charge in [0.15, 0.2) is 0 Å². The number of esters is 1. The Hall–Kier alpha value is -2.42. The summed E-state index contributed by atoms with van der Waals surface area (Å²) in [6, 6.07) is 8.13. The van der Waals surface area contributed by atoms with Crippen molar-refractivity contribution >= 4 is 33.2 Å². The van der Waals surface area contributed by atoms with Crippen LogP contribution in [0.4, 0.5) is 0 Å². The van der Waals surface area contributed by atoms with E-state index in [1.165, 1.54) is 10.4 Å². The van der Waals surface area contributed by atoms with Gasteiger partial charge in [-0.25, -0.2) is 18.2 Å². The van der Waals surface area contributed by atoms with Crippen LogP contribution in [0.25, 0.3) is 5.65 Å². The quantitative estimate of drug-likeness (QED) is 0.555. The third-order valence-corrected chi connectivity index (χ3v) is 7.44. The Morgan fingerprint density at radius 1 is 1.13 bits per heavy atom. The summed E-state index contributed by atoms with van der Waals surface area (Å²) in [6.45, 7) is 2.72. The van der Waals surface area contributed by atoms with Gasteiger partial charge in [-0.1, -0.05) is 24.1 Å². The number of aryl methyl sites for hydroxylation is 1. The van der Waals surface area contributed by atoms with Crippen LogP contribution in [0.15, 0.2) is 47.6 Å². The number of pyridine rings is 1. The average Bonchev–Trinajstić information content (AvgIpc) is 3.15. The number of piperidine rings is 1. The molecule has 30 heavy (non-hydrogen) atoms. The monoisotopic (exact) mass is 447 g/mol. The smallest absolute Gasteiger partial charge is 0.338 e. The Balaban J connectivity index is 1.51. The number of fused-ring (bicyclic) bond motifs is 1. The van der Waals surface area contributed by atoms with E-state index in [0.717, 1.165) is 19.3 Å². The highest BCUT2D eigenvalue weighted by Gasteiger charge is 2.28. The number of sulfonamides is 1. The summed E-state index contributed by atoms with van der Waals surface area (Å²) in [5.41, 5.74) is 2.06. The van der Waals surface area contributed by atoms with E-state index in [2.05, 4.69) is 4.98 Å². The van der Waals surface area contributed by atoms with Crippen LogP contribution in [0.2, 0.25) is 5.02 Å². The first kappa shape index (κ1) is 20.8. The van der Waals surface area contributed by atoms with Gasteiger partial charge in [0.05, 0.1) is 21.2 Å². The van der Waals surface area contributed by atoms with Crippen molar-refractivity contribution in [3.05, 3.63) is 64.6 Å². The third kappa shape index (κ3) is 4.21. The molecule has 2 aromatic heterocycles. The lowest BCUT2D eigenvalue weighted by atomic mass is 10.1. The second kappa shape index (κ2) is 8.37. The van der Waals surface area contributed by atoms with Gasteiger partial charge in [-0.2, -0.15) is 4.31 Å². The van der Waals surface area contributed by atoms with Crippen molar-refractivity contribution in [3.63, 3.8) is 0 Å². The number of imidazole rings is 1. The standard InChI is InChI=1S/C21H22ClN3O4S/c1-15-5-6-16(11-19(15)30(27,28)25-9-3-2-4-10-25)21(26)29-14-18-13-24-12-17(22)7-8-20(24)23-18/h5-8,11-13H,2-4,9-10,14H2,1H3. The first-order chi connectivity index (χ1) is 14.3. The molecule has 0 unspecified atom stereocenters. The Morgan fingerprint density at radius 3 is 2.67 bits per heavy atom. The molecule has 7 nitrogen and oxygen atoms in total. The van der Waals surface area contributed by atoms with Gasteiger partial charge in [-0.15, -0.1) is 0 Å². The Kier molecular flexibility index (Phi) is 5.81. The molecular weight excluding hydrogens is 426 g/mol. The largest absolute Gasteiger partial charge is 0.456 e. The second-order valence-corrected chi connectivity index (χ2v) is 9.71. The highest BCUT2D eigenvalue weighted by Crippen LogP contribution is 2.25. The molecular formula is C21H22ClN3O4S. The van der Waals surface area contributed by atoms with Crippen LogP contribution >= 0.6 is 11.6 Å². The van der Waals surface area contributed by atoms with Crippen molar-refractivity contribution in [1.29, 1.82) is 0 Å². The fourth-order valence-corrected chi connectivity index (χ4v) is 5.49. The molecule has 9 heteroatoms. The number of nitrogens with zero attached hydrogens (tertiary/aromatic N) is 3. The number of hydrogen-bond donors (Lipinski definition) is 0. The molecule has 1 aliphatic rings. The summed E-state index contributed by atoms with van der Waals surface area (Å²) >= 11 is 5.97. The summed E-state index contributed by atoms with van der Waals surface area (Å²) in [7, 11) is -3.64. The topological polar surface area (TPSA) is 81.0 Å². The number of aromatic nitrogens is 2. The van der Waals surface area contributed by atoms with Gasteiger partial charge in [0.2, 0.25) is 10.0 Å². The SMILES string of the molecule is Cc1ccc(C(=O)OCc2cn3cc(Cl)ccc3n2)cc1S(=O)(=O)N1CCCCC1. The molecule has 4 rings (SSSR count). The number of ether oxygens (including phenoxy) is 1. The van der Waals surface area contributed by atoms with Crippen molar-refractivity contribution in [2.24, 2.45) is 0 Å². The number of halogens is 1. The van der Waals surface area contributed by atoms with Crippen molar-refractivity contribution in [2.45, 2.75) is 37.7 Å². The normalized spacial score (nSPS) is 15.4. The summed E-state index contributed by atoms with van der Waals surface area (Å²) in [5, 5.41) is 0.575. The number of benzene rings is 1. The van der Waals surface area contributed by atoms with Crippen molar-refractivity contribution in [1.82, 2.24) is 13.7 Å². The minimum atomic E-state index is -3.64. The highest BCUT2D eigenvalue weighted by molar-refractivity contribution is 7.89. The van der Waals surface area contributed by atoms with Crippen LogP contribution in [-0.4, -0.2) is 41.2 Å². The number of carbonyl (C=O) groups excluding carboxylic acids is 1. The van der Waals surface area contributed by atoms with Crippen molar-refractivity contribution < 1.29 is 17.9 Å². The van der Waals surface area contributed by atoms with Crippen LogP contribution in [0, 0.1) is 6.92 Å². The van der Waals surface area contributed by atoms with Gasteiger partial charge in [-0.05, 0) is 49.6 Å². The van der Waals surface area contributed by atoms with Crippen molar-refractivity contribution in [3.8, 4) is 0 Å². The van der Waals surface area contributed by atoms with E-state index in [0.29, 0.717) is 35.0 Å². The van der Waals surface area contributed by atoms with E-state index in [4.69, 9.17) is 16.3 Å². The minimum Gasteiger partial charge on any atom is -0.456 e. The lowest BCUT2D eigenvalue weighted by molar-refractivity contribution is 0.0468. The van der Waals surface area contributed by atoms with Gasteiger partial charge < -0.3 is 9.14 Å². The average molecular weight is 448 g/mol. The lowest BCUT2D eigenvalue weighted by Crippen LogP contribution is -2.36. The molecule has 0 atom stereocenters. The van der Waals surface area contributed by atoms with Gasteiger partial charge in [0, 0.05) is 25.5 Å². The lowest BCUT2D eigenvalue weighted by Gasteiger charge is -2.26. The van der Waals surface area contributed by atoms with Gasteiger partial charge in [0.1, 0.15) is 12.3 Å². The third-order valence-electron chi connectivity index (χ3n) is 5.17. The summed E-state index contributed by atoms with van der Waals surface area (Å²) < 4.78 is 34.7. The zero-order valence-corrected chi connectivity index (χ0v) is 18.1. The first-order valence-corrected chi connectivity index (χ1v) is 11.6. The minimum absolute atomic E-state index is 0.0276. The van der Waals surface area contributed by atoms with E-state index in [1.807, 2.05) is 0 Å². The van der Waals surface area contributed by atoms with E-state index in [1.54, 1.807) is 48.0 Å². The number of carbonyl (C=O) groups is 1. The second-order valence-electron chi connectivity index (χ2n) is 7.37. The maximum atomic E-state index is 13.0. The highest BCUT2D eigenvalue weighted by atomic mass is 35.5. The van der Waals surface area contributed by atoms with Crippen LogP contribution in [0.1, 0.15) is 40.9 Å². The summed E-state index contributed by atoms with van der Waals surface area (Å²) in [5.74, 6) is -0.597.